The maximum atomic E-state index is 12.1. The van der Waals surface area contributed by atoms with Gasteiger partial charge in [0.25, 0.3) is 0 Å². The van der Waals surface area contributed by atoms with Gasteiger partial charge in [0.05, 0.1) is 22.9 Å². The number of anilines is 2. The summed E-state index contributed by atoms with van der Waals surface area (Å²) in [6, 6.07) is 14.3. The van der Waals surface area contributed by atoms with E-state index >= 15 is 0 Å². The van der Waals surface area contributed by atoms with E-state index in [0.29, 0.717) is 28.9 Å². The summed E-state index contributed by atoms with van der Waals surface area (Å²) in [6.45, 7) is 3.46. The zero-order chi connectivity index (χ0) is 20.6. The molecule has 0 spiro atoms. The molecule has 3 aromatic rings. The van der Waals surface area contributed by atoms with E-state index < -0.39 is 5.25 Å². The number of hydrogen-bond donors (Lipinski definition) is 2. The Morgan fingerprint density at radius 3 is 2.62 bits per heavy atom. The van der Waals surface area contributed by atoms with Crippen LogP contribution in [0, 0.1) is 6.92 Å². The third-order valence-electron chi connectivity index (χ3n) is 3.70. The Morgan fingerprint density at radius 2 is 1.97 bits per heavy atom. The summed E-state index contributed by atoms with van der Waals surface area (Å²) < 4.78 is 10.5. The van der Waals surface area contributed by atoms with E-state index in [2.05, 4.69) is 20.8 Å². The van der Waals surface area contributed by atoms with Crippen LogP contribution in [0.5, 0.6) is 11.6 Å². The second-order valence-corrected chi connectivity index (χ2v) is 7.44. The first-order chi connectivity index (χ1) is 14.0. The van der Waals surface area contributed by atoms with Gasteiger partial charge >= 0.3 is 0 Å². The van der Waals surface area contributed by atoms with Crippen molar-refractivity contribution in [2.75, 3.05) is 16.4 Å². The Bertz CT molecular complexity index is 960. The number of nitrogens with zero attached hydrogens (tertiary/aromatic N) is 2. The lowest BCUT2D eigenvalue weighted by Crippen LogP contribution is -2.25. The highest BCUT2D eigenvalue weighted by Gasteiger charge is 2.17. The van der Waals surface area contributed by atoms with Gasteiger partial charge in [0.2, 0.25) is 17.7 Å². The molecule has 2 aromatic heterocycles. The predicted octanol–water partition coefficient (Wildman–Crippen LogP) is 3.87. The highest BCUT2D eigenvalue weighted by Crippen LogP contribution is 2.20. The van der Waals surface area contributed by atoms with Crippen molar-refractivity contribution in [3.05, 3.63) is 60.5 Å². The Morgan fingerprint density at radius 1 is 1.17 bits per heavy atom. The molecule has 0 radical (unpaired) electrons. The van der Waals surface area contributed by atoms with Gasteiger partial charge in [-0.2, -0.15) is 0 Å². The summed E-state index contributed by atoms with van der Waals surface area (Å²) in [5.41, 5.74) is 0.547. The molecule has 29 heavy (non-hydrogen) atoms. The molecule has 0 fully saturated rings. The quantitative estimate of drug-likeness (QED) is 0.578. The normalized spacial score (nSPS) is 11.5. The smallest absolute Gasteiger partial charge is 0.238 e. The molecule has 0 aliphatic heterocycles. The van der Waals surface area contributed by atoms with Gasteiger partial charge in [-0.3, -0.25) is 9.59 Å². The number of pyridine rings is 1. The first-order valence-corrected chi connectivity index (χ1v) is 9.89. The number of aryl methyl sites for hydroxylation is 1. The number of hydrogen-bond acceptors (Lipinski definition) is 7. The SMILES string of the molecule is Cc1cc(NC(=O)C(C)SCC(=O)Nc2ccc(Oc3ccccc3)nc2)no1. The van der Waals surface area contributed by atoms with Gasteiger partial charge < -0.3 is 19.9 Å². The van der Waals surface area contributed by atoms with Gasteiger partial charge in [0.15, 0.2) is 5.82 Å². The first-order valence-electron chi connectivity index (χ1n) is 8.84. The molecular weight excluding hydrogens is 392 g/mol. The van der Waals surface area contributed by atoms with Crippen LogP contribution in [0.4, 0.5) is 11.5 Å². The summed E-state index contributed by atoms with van der Waals surface area (Å²) in [5.74, 6) is 1.71. The first kappa shape index (κ1) is 20.4. The van der Waals surface area contributed by atoms with Crippen LogP contribution in [-0.2, 0) is 9.59 Å². The molecule has 1 unspecified atom stereocenters. The third kappa shape index (κ3) is 6.35. The molecular formula is C20H20N4O4S. The zero-order valence-corrected chi connectivity index (χ0v) is 16.7. The highest BCUT2D eigenvalue weighted by atomic mass is 32.2. The summed E-state index contributed by atoms with van der Waals surface area (Å²) in [7, 11) is 0. The maximum Gasteiger partial charge on any atom is 0.238 e. The average Bonchev–Trinajstić information content (AvgIpc) is 3.13. The van der Waals surface area contributed by atoms with Crippen LogP contribution in [0.15, 0.2) is 59.3 Å². The molecule has 0 saturated heterocycles. The Labute approximate surface area is 172 Å². The van der Waals surface area contributed by atoms with Crippen LogP contribution in [0.1, 0.15) is 12.7 Å². The van der Waals surface area contributed by atoms with Crippen LogP contribution in [0.3, 0.4) is 0 Å². The van der Waals surface area contributed by atoms with Gasteiger partial charge in [0.1, 0.15) is 11.5 Å². The zero-order valence-electron chi connectivity index (χ0n) is 15.9. The van der Waals surface area contributed by atoms with Crippen molar-refractivity contribution in [3.8, 4) is 11.6 Å². The molecule has 3 rings (SSSR count). The van der Waals surface area contributed by atoms with E-state index in [0.717, 1.165) is 0 Å². The van der Waals surface area contributed by atoms with Crippen LogP contribution in [-0.4, -0.2) is 33.0 Å². The second kappa shape index (κ2) is 9.74. The minimum Gasteiger partial charge on any atom is -0.439 e. The number of ether oxygens (including phenoxy) is 1. The fourth-order valence-electron chi connectivity index (χ4n) is 2.25. The monoisotopic (exact) mass is 412 g/mol. The molecule has 2 heterocycles. The minimum atomic E-state index is -0.433. The Kier molecular flexibility index (Phi) is 6.85. The fraction of sp³-hybridized carbons (Fsp3) is 0.200. The van der Waals surface area contributed by atoms with Gasteiger partial charge in [-0.05, 0) is 32.0 Å². The van der Waals surface area contributed by atoms with Crippen molar-refractivity contribution in [3.63, 3.8) is 0 Å². The van der Waals surface area contributed by atoms with Crippen molar-refractivity contribution in [2.45, 2.75) is 19.1 Å². The second-order valence-electron chi connectivity index (χ2n) is 6.11. The number of benzene rings is 1. The van der Waals surface area contributed by atoms with Crippen molar-refractivity contribution in [1.82, 2.24) is 10.1 Å². The molecule has 8 nitrogen and oxygen atoms in total. The van der Waals surface area contributed by atoms with E-state index in [-0.39, 0.29) is 17.6 Å². The molecule has 9 heteroatoms. The van der Waals surface area contributed by atoms with Crippen molar-refractivity contribution >= 4 is 35.1 Å². The number of amides is 2. The van der Waals surface area contributed by atoms with Crippen molar-refractivity contribution in [2.24, 2.45) is 0 Å². The van der Waals surface area contributed by atoms with Crippen molar-refractivity contribution in [1.29, 1.82) is 0 Å². The van der Waals surface area contributed by atoms with E-state index in [1.807, 2.05) is 30.3 Å². The third-order valence-corrected chi connectivity index (χ3v) is 4.84. The molecule has 0 aliphatic carbocycles. The number of nitrogens with one attached hydrogen (secondary N) is 2. The van der Waals surface area contributed by atoms with Crippen LogP contribution in [0.25, 0.3) is 0 Å². The van der Waals surface area contributed by atoms with Gasteiger partial charge in [0, 0.05) is 12.1 Å². The molecule has 0 aliphatic rings. The van der Waals surface area contributed by atoms with Crippen LogP contribution < -0.4 is 15.4 Å². The molecule has 2 N–H and O–H groups in total. The lowest BCUT2D eigenvalue weighted by Gasteiger charge is -2.11. The minimum absolute atomic E-state index is 0.120. The van der Waals surface area contributed by atoms with E-state index in [4.69, 9.17) is 9.26 Å². The van der Waals surface area contributed by atoms with Gasteiger partial charge in [-0.25, -0.2) is 4.98 Å². The Balaban J connectivity index is 1.43. The number of rotatable bonds is 8. The summed E-state index contributed by atoms with van der Waals surface area (Å²) in [4.78, 5) is 28.4. The lowest BCUT2D eigenvalue weighted by molar-refractivity contribution is -0.115. The summed E-state index contributed by atoms with van der Waals surface area (Å²) >= 11 is 1.22. The van der Waals surface area contributed by atoms with Crippen molar-refractivity contribution < 1.29 is 18.8 Å². The van der Waals surface area contributed by atoms with E-state index in [1.54, 1.807) is 32.0 Å². The molecule has 150 valence electrons. The molecule has 2 amide bonds. The van der Waals surface area contributed by atoms with Gasteiger partial charge in [-0.1, -0.05) is 23.4 Å². The van der Waals surface area contributed by atoms with Crippen LogP contribution in [0.2, 0.25) is 0 Å². The van der Waals surface area contributed by atoms with E-state index in [1.165, 1.54) is 18.0 Å². The topological polar surface area (TPSA) is 106 Å². The predicted molar refractivity (Wildman–Crippen MR) is 111 cm³/mol. The number of carbonyl (C=O) groups excluding carboxylic acids is 2. The van der Waals surface area contributed by atoms with Crippen LogP contribution >= 0.6 is 11.8 Å². The van der Waals surface area contributed by atoms with Gasteiger partial charge in [-0.15, -0.1) is 11.8 Å². The molecule has 1 aromatic carbocycles. The average molecular weight is 412 g/mol. The number of thioether (sulfide) groups is 1. The largest absolute Gasteiger partial charge is 0.439 e. The summed E-state index contributed by atoms with van der Waals surface area (Å²) in [5, 5.41) is 8.66. The molecule has 0 bridgehead atoms. The maximum absolute atomic E-state index is 12.1. The number of carbonyl (C=O) groups is 2. The Hall–Kier alpha value is -3.33. The standard InChI is InChI=1S/C20H20N4O4S/c1-13-10-17(24-28-13)23-20(26)14(2)29-12-18(25)22-15-8-9-19(21-11-15)27-16-6-4-3-5-7-16/h3-11,14H,12H2,1-2H3,(H,22,25)(H,23,24,26). The van der Waals surface area contributed by atoms with E-state index in [9.17, 15) is 9.59 Å². The molecule has 1 atom stereocenters. The highest BCUT2D eigenvalue weighted by molar-refractivity contribution is 8.01. The molecule has 0 saturated carbocycles. The lowest BCUT2D eigenvalue weighted by atomic mass is 10.3. The number of para-hydroxylation sites is 1. The fourth-order valence-corrected chi connectivity index (χ4v) is 2.93. The number of aromatic nitrogens is 2. The summed E-state index contributed by atoms with van der Waals surface area (Å²) in [6.07, 6.45) is 1.52.